The zero-order valence-electron chi connectivity index (χ0n) is 6.90. The maximum atomic E-state index is 13.1. The highest BCUT2D eigenvalue weighted by Crippen LogP contribution is 2.40. The largest absolute Gasteiger partial charge is 0.421 e. The fourth-order valence-electron chi connectivity index (χ4n) is 0.952. The average Bonchev–Trinajstić information content (AvgIpc) is 2.10. The first kappa shape index (κ1) is 11.9. The summed E-state index contributed by atoms with van der Waals surface area (Å²) in [5.41, 5.74) is -2.38. The van der Waals surface area contributed by atoms with Crippen LogP contribution in [0.3, 0.4) is 0 Å². The van der Waals surface area contributed by atoms with Gasteiger partial charge in [-0.15, -0.1) is 0 Å². The molecule has 0 spiro atoms. The fraction of sp³-hybridized carbons (Fsp3) is 0.125. The lowest BCUT2D eigenvalue weighted by atomic mass is 10.1. The Morgan fingerprint density at radius 3 is 2.40 bits per heavy atom. The fourth-order valence-corrected chi connectivity index (χ4v) is 1.28. The van der Waals surface area contributed by atoms with Crippen molar-refractivity contribution in [2.45, 2.75) is 6.18 Å². The molecule has 0 amide bonds. The molecule has 0 heterocycles. The standard InChI is InChI=1S/C8H2BrF4NO/c9-4-1-2-5(14-3-15)6(7(4)10)8(11,12)13/h1-2H. The smallest absolute Gasteiger partial charge is 0.211 e. The lowest BCUT2D eigenvalue weighted by Gasteiger charge is -2.10. The van der Waals surface area contributed by atoms with Crippen molar-refractivity contribution in [3.05, 3.63) is 28.0 Å². The Morgan fingerprint density at radius 2 is 1.93 bits per heavy atom. The van der Waals surface area contributed by atoms with Gasteiger partial charge in [0, 0.05) is 0 Å². The minimum absolute atomic E-state index is 0.348. The van der Waals surface area contributed by atoms with E-state index in [4.69, 9.17) is 0 Å². The van der Waals surface area contributed by atoms with Crippen LogP contribution in [0.25, 0.3) is 0 Å². The number of carbonyl (C=O) groups excluding carboxylic acids is 1. The van der Waals surface area contributed by atoms with E-state index in [1.165, 1.54) is 0 Å². The summed E-state index contributed by atoms with van der Waals surface area (Å²) in [6.45, 7) is 0. The highest BCUT2D eigenvalue weighted by Gasteiger charge is 2.38. The number of alkyl halides is 3. The zero-order chi connectivity index (χ0) is 11.6. The van der Waals surface area contributed by atoms with Crippen molar-refractivity contribution in [1.29, 1.82) is 0 Å². The van der Waals surface area contributed by atoms with E-state index in [0.717, 1.165) is 18.2 Å². The molecular formula is C8H2BrF4NO. The van der Waals surface area contributed by atoms with Gasteiger partial charge < -0.3 is 0 Å². The molecule has 1 aromatic rings. The normalized spacial score (nSPS) is 11.0. The van der Waals surface area contributed by atoms with Crippen LogP contribution in [0.5, 0.6) is 0 Å². The zero-order valence-corrected chi connectivity index (χ0v) is 8.49. The minimum atomic E-state index is -4.91. The van der Waals surface area contributed by atoms with E-state index in [-0.39, 0.29) is 4.47 Å². The van der Waals surface area contributed by atoms with E-state index in [9.17, 15) is 22.4 Å². The van der Waals surface area contributed by atoms with Gasteiger partial charge in [-0.2, -0.15) is 18.2 Å². The summed E-state index contributed by atoms with van der Waals surface area (Å²) >= 11 is 2.61. The first-order chi connectivity index (χ1) is 6.88. The van der Waals surface area contributed by atoms with Crippen molar-refractivity contribution in [3.8, 4) is 0 Å². The predicted molar refractivity (Wildman–Crippen MR) is 46.9 cm³/mol. The summed E-state index contributed by atoms with van der Waals surface area (Å²) in [6, 6.07) is 1.90. The van der Waals surface area contributed by atoms with Crippen molar-refractivity contribution in [1.82, 2.24) is 0 Å². The van der Waals surface area contributed by atoms with Gasteiger partial charge in [-0.3, -0.25) is 0 Å². The van der Waals surface area contributed by atoms with Gasteiger partial charge in [0.1, 0.15) is 5.56 Å². The summed E-state index contributed by atoms with van der Waals surface area (Å²) in [5, 5.41) is 0. The van der Waals surface area contributed by atoms with Crippen LogP contribution in [-0.2, 0) is 11.0 Å². The minimum Gasteiger partial charge on any atom is -0.211 e. The Hall–Kier alpha value is -1.20. The number of benzene rings is 1. The van der Waals surface area contributed by atoms with Crippen LogP contribution < -0.4 is 0 Å². The first-order valence-corrected chi connectivity index (χ1v) is 4.30. The van der Waals surface area contributed by atoms with Crippen molar-refractivity contribution >= 4 is 27.7 Å². The second-order valence-corrected chi connectivity index (χ2v) is 3.31. The molecule has 0 aliphatic carbocycles. The molecule has 0 fully saturated rings. The Balaban J connectivity index is 3.56. The predicted octanol–water partition coefficient (Wildman–Crippen LogP) is 3.57. The Kier molecular flexibility index (Phi) is 3.26. The molecular weight excluding hydrogens is 282 g/mol. The van der Waals surface area contributed by atoms with Crippen LogP contribution in [0.2, 0.25) is 0 Å². The van der Waals surface area contributed by atoms with Gasteiger partial charge in [0.25, 0.3) is 0 Å². The molecule has 2 nitrogen and oxygen atoms in total. The second-order valence-electron chi connectivity index (χ2n) is 2.46. The number of hydrogen-bond acceptors (Lipinski definition) is 2. The summed E-state index contributed by atoms with van der Waals surface area (Å²) in [4.78, 5) is 12.6. The molecule has 1 aromatic carbocycles. The van der Waals surface area contributed by atoms with Gasteiger partial charge in [-0.25, -0.2) is 9.18 Å². The van der Waals surface area contributed by atoms with E-state index >= 15 is 0 Å². The van der Waals surface area contributed by atoms with Gasteiger partial charge in [0.2, 0.25) is 6.08 Å². The van der Waals surface area contributed by atoms with Gasteiger partial charge in [0.15, 0.2) is 5.82 Å². The van der Waals surface area contributed by atoms with Crippen molar-refractivity contribution in [3.63, 3.8) is 0 Å². The lowest BCUT2D eigenvalue weighted by molar-refractivity contribution is -0.139. The molecule has 7 heteroatoms. The maximum Gasteiger partial charge on any atom is 0.421 e. The summed E-state index contributed by atoms with van der Waals surface area (Å²) in [5.74, 6) is -1.50. The average molecular weight is 284 g/mol. The third kappa shape index (κ3) is 2.43. The Bertz CT molecular complexity index is 437. The Labute approximate surface area is 89.7 Å². The van der Waals surface area contributed by atoms with Gasteiger partial charge >= 0.3 is 6.18 Å². The molecule has 0 unspecified atom stereocenters. The topological polar surface area (TPSA) is 29.4 Å². The molecule has 0 saturated carbocycles. The van der Waals surface area contributed by atoms with Crippen molar-refractivity contribution in [2.24, 2.45) is 4.99 Å². The monoisotopic (exact) mass is 283 g/mol. The third-order valence-electron chi connectivity index (χ3n) is 1.52. The number of nitrogens with zero attached hydrogens (tertiary/aromatic N) is 1. The van der Waals surface area contributed by atoms with E-state index < -0.39 is 23.2 Å². The van der Waals surface area contributed by atoms with Gasteiger partial charge in [-0.05, 0) is 28.1 Å². The highest BCUT2D eigenvalue weighted by molar-refractivity contribution is 9.10. The first-order valence-electron chi connectivity index (χ1n) is 3.51. The SMILES string of the molecule is O=C=Nc1ccc(Br)c(F)c1C(F)(F)F. The van der Waals surface area contributed by atoms with Crippen molar-refractivity contribution in [2.75, 3.05) is 0 Å². The lowest BCUT2D eigenvalue weighted by Crippen LogP contribution is -2.09. The van der Waals surface area contributed by atoms with Gasteiger partial charge in [-0.1, -0.05) is 0 Å². The van der Waals surface area contributed by atoms with E-state index in [0.29, 0.717) is 0 Å². The molecule has 0 aliphatic heterocycles. The second kappa shape index (κ2) is 4.12. The van der Waals surface area contributed by atoms with E-state index in [1.54, 1.807) is 0 Å². The molecule has 0 aliphatic rings. The van der Waals surface area contributed by atoms with E-state index in [2.05, 4.69) is 20.9 Å². The quantitative estimate of drug-likeness (QED) is 0.440. The van der Waals surface area contributed by atoms with Gasteiger partial charge in [0.05, 0.1) is 10.2 Å². The van der Waals surface area contributed by atoms with Crippen LogP contribution in [0, 0.1) is 5.82 Å². The molecule has 0 N–H and O–H groups in total. The number of isocyanates is 1. The molecule has 0 aromatic heterocycles. The number of halogens is 5. The number of aliphatic imine (C=N–C) groups is 1. The van der Waals surface area contributed by atoms with E-state index in [1.807, 2.05) is 0 Å². The number of rotatable bonds is 1. The molecule has 0 saturated heterocycles. The summed E-state index contributed by atoms with van der Waals surface area (Å²) in [7, 11) is 0. The molecule has 80 valence electrons. The van der Waals surface area contributed by atoms with Crippen LogP contribution in [0.15, 0.2) is 21.6 Å². The van der Waals surface area contributed by atoms with Crippen LogP contribution >= 0.6 is 15.9 Å². The summed E-state index contributed by atoms with van der Waals surface area (Å²) < 4.78 is 49.9. The molecule has 1 rings (SSSR count). The van der Waals surface area contributed by atoms with Crippen LogP contribution in [0.1, 0.15) is 5.56 Å². The van der Waals surface area contributed by atoms with Crippen LogP contribution in [0.4, 0.5) is 23.2 Å². The van der Waals surface area contributed by atoms with Crippen molar-refractivity contribution < 1.29 is 22.4 Å². The van der Waals surface area contributed by atoms with Crippen LogP contribution in [-0.4, -0.2) is 6.08 Å². The molecule has 0 bridgehead atoms. The highest BCUT2D eigenvalue weighted by atomic mass is 79.9. The molecule has 0 atom stereocenters. The third-order valence-corrected chi connectivity index (χ3v) is 2.13. The molecule has 0 radical (unpaired) electrons. The summed E-state index contributed by atoms with van der Waals surface area (Å²) in [6.07, 6.45) is -3.98. The Morgan fingerprint density at radius 1 is 1.33 bits per heavy atom. The maximum absolute atomic E-state index is 13.1. The number of hydrogen-bond donors (Lipinski definition) is 0. The molecule has 15 heavy (non-hydrogen) atoms.